The summed E-state index contributed by atoms with van der Waals surface area (Å²) in [7, 11) is -3.62. The van der Waals surface area contributed by atoms with Crippen LogP contribution in [-0.2, 0) is 19.2 Å². The van der Waals surface area contributed by atoms with Crippen molar-refractivity contribution in [1.29, 1.82) is 0 Å². The quantitative estimate of drug-likeness (QED) is 0.146. The number of hydrogen-bond acceptors (Lipinski definition) is 9. The Balaban J connectivity index is 1.33. The first kappa shape index (κ1) is 30.6. The Labute approximate surface area is 272 Å². The Morgan fingerprint density at radius 1 is 0.674 bits per heavy atom. The molecule has 0 spiro atoms. The molecule has 4 aliphatic rings. The van der Waals surface area contributed by atoms with Crippen LogP contribution in [0.4, 0.5) is 11.4 Å². The number of phenolic OH excluding ortho intramolecular Hbond substituents is 1. The van der Waals surface area contributed by atoms with E-state index in [-0.39, 0.29) is 40.9 Å². The molecule has 46 heavy (non-hydrogen) atoms. The summed E-state index contributed by atoms with van der Waals surface area (Å²) in [6.45, 7) is 0. The number of fused-ring (bicyclic) bond motifs is 4. The van der Waals surface area contributed by atoms with Crippen LogP contribution in [0.2, 0.25) is 0 Å². The molecule has 7 rings (SSSR count). The van der Waals surface area contributed by atoms with E-state index < -0.39 is 73.4 Å². The van der Waals surface area contributed by atoms with Gasteiger partial charge in [-0.25, -0.2) is 0 Å². The molecule has 2 saturated heterocycles. The molecule has 14 heteroatoms. The van der Waals surface area contributed by atoms with Gasteiger partial charge in [-0.05, 0) is 72.1 Å². The lowest BCUT2D eigenvalue weighted by Crippen LogP contribution is -2.43. The normalized spacial score (nSPS) is 26.9. The maximum Gasteiger partial charge on any atom is 0.488 e. The molecule has 2 heterocycles. The monoisotopic (exact) mass is 684 g/mol. The summed E-state index contributed by atoms with van der Waals surface area (Å²) >= 11 is 3.45. The smallest absolute Gasteiger partial charge is 0.488 e. The van der Waals surface area contributed by atoms with Gasteiger partial charge >= 0.3 is 14.2 Å². The molecule has 3 aromatic carbocycles. The van der Waals surface area contributed by atoms with Gasteiger partial charge in [-0.1, -0.05) is 51.8 Å². The number of allylic oxidation sites excluding steroid dienone is 2. The lowest BCUT2D eigenvalue weighted by molar-refractivity contribution is -0.126. The fourth-order valence-corrected chi connectivity index (χ4v) is 8.25. The highest BCUT2D eigenvalue weighted by molar-refractivity contribution is 9.10. The number of halogens is 1. The van der Waals surface area contributed by atoms with Crippen LogP contribution in [-0.4, -0.2) is 63.1 Å². The first-order valence-corrected chi connectivity index (χ1v) is 15.6. The summed E-state index contributed by atoms with van der Waals surface area (Å²) in [6.07, 6.45) is 2.16. The summed E-state index contributed by atoms with van der Waals surface area (Å²) in [5.41, 5.74) is 1.69. The first-order valence-electron chi connectivity index (χ1n) is 14.8. The number of amides is 4. The third-order valence-electron chi connectivity index (χ3n) is 9.83. The molecule has 4 amide bonds. The van der Waals surface area contributed by atoms with Gasteiger partial charge in [0.05, 0.1) is 35.0 Å². The Hall–Kier alpha value is -4.07. The molecule has 0 aromatic heterocycles. The van der Waals surface area contributed by atoms with Crippen molar-refractivity contribution in [3.05, 3.63) is 88.4 Å². The van der Waals surface area contributed by atoms with Gasteiger partial charge in [0.2, 0.25) is 23.6 Å². The van der Waals surface area contributed by atoms with Gasteiger partial charge in [-0.2, -0.15) is 0 Å². The summed E-state index contributed by atoms with van der Waals surface area (Å²) in [5.74, 6) is -6.85. The van der Waals surface area contributed by atoms with E-state index in [0.29, 0.717) is 15.6 Å². The van der Waals surface area contributed by atoms with Gasteiger partial charge in [0.15, 0.2) is 0 Å². The zero-order chi connectivity index (χ0) is 32.6. The van der Waals surface area contributed by atoms with Crippen LogP contribution in [0.5, 0.6) is 5.75 Å². The minimum Gasteiger partial charge on any atom is -0.508 e. The van der Waals surface area contributed by atoms with Gasteiger partial charge in [0, 0.05) is 16.0 Å². The van der Waals surface area contributed by atoms with Crippen LogP contribution in [0.15, 0.2) is 82.9 Å². The molecule has 2 aliphatic heterocycles. The number of imide groups is 2. The van der Waals surface area contributed by atoms with E-state index in [4.69, 9.17) is 0 Å². The molecule has 232 valence electrons. The van der Waals surface area contributed by atoms with Gasteiger partial charge in [-0.15, -0.1) is 0 Å². The molecule has 11 nitrogen and oxygen atoms in total. The zero-order valence-electron chi connectivity index (χ0n) is 24.1. The highest BCUT2D eigenvalue weighted by Crippen LogP contribution is 2.59. The van der Waals surface area contributed by atoms with Gasteiger partial charge in [0.25, 0.3) is 0 Å². The van der Waals surface area contributed by atoms with Crippen molar-refractivity contribution in [3.8, 4) is 5.75 Å². The second-order valence-electron chi connectivity index (χ2n) is 12.2. The molecule has 5 N–H and O–H groups in total. The lowest BCUT2D eigenvalue weighted by Gasteiger charge is -2.44. The standard InChI is InChI=1S/C32H27B2BrN2O9/c35-17-7-10-25(38)23(13-17)26-20-8-9-21-27(31(41)36(29(21)39)18-5-1-3-15(11-18)33(43)44)22(20)14-24-28(26)32(42)37(30(24)40)19-6-2-4-16(12-19)34(45)46/h1-8,10-13,21-22,24,26-28,38,43-46H,9,14H2. The molecule has 3 fully saturated rings. The van der Waals surface area contributed by atoms with E-state index >= 15 is 0 Å². The number of benzene rings is 3. The number of aromatic hydroxyl groups is 1. The molecule has 0 radical (unpaired) electrons. The van der Waals surface area contributed by atoms with Crippen LogP contribution in [0.25, 0.3) is 0 Å². The zero-order valence-corrected chi connectivity index (χ0v) is 25.7. The number of anilines is 2. The van der Waals surface area contributed by atoms with E-state index in [1.807, 2.05) is 6.08 Å². The highest BCUT2D eigenvalue weighted by atomic mass is 79.9. The van der Waals surface area contributed by atoms with E-state index in [2.05, 4.69) is 15.9 Å². The fraction of sp³-hybridized carbons (Fsp3) is 0.250. The number of rotatable bonds is 5. The van der Waals surface area contributed by atoms with Crippen molar-refractivity contribution >= 4 is 76.1 Å². The predicted molar refractivity (Wildman–Crippen MR) is 171 cm³/mol. The topological polar surface area (TPSA) is 176 Å². The van der Waals surface area contributed by atoms with Crippen molar-refractivity contribution in [1.82, 2.24) is 0 Å². The third-order valence-corrected chi connectivity index (χ3v) is 10.3. The first-order chi connectivity index (χ1) is 22.0. The van der Waals surface area contributed by atoms with Crippen molar-refractivity contribution in [2.24, 2.45) is 29.6 Å². The number of hydrogen-bond donors (Lipinski definition) is 5. The van der Waals surface area contributed by atoms with Crippen LogP contribution in [0.3, 0.4) is 0 Å². The molecule has 1 saturated carbocycles. The number of carbonyl (C=O) groups excluding carboxylic acids is 4. The maximum atomic E-state index is 14.2. The fourth-order valence-electron chi connectivity index (χ4n) is 7.87. The van der Waals surface area contributed by atoms with E-state index in [0.717, 1.165) is 9.80 Å². The van der Waals surface area contributed by atoms with Crippen molar-refractivity contribution in [2.45, 2.75) is 18.8 Å². The Morgan fingerprint density at radius 3 is 1.83 bits per heavy atom. The molecule has 6 unspecified atom stereocenters. The van der Waals surface area contributed by atoms with Crippen LogP contribution < -0.4 is 20.7 Å². The second-order valence-corrected chi connectivity index (χ2v) is 13.1. The Morgan fingerprint density at radius 2 is 1.24 bits per heavy atom. The summed E-state index contributed by atoms with van der Waals surface area (Å²) < 4.78 is 0.635. The second kappa shape index (κ2) is 11.3. The number of carbonyl (C=O) groups is 4. The van der Waals surface area contributed by atoms with Gasteiger partial charge in [-0.3, -0.25) is 29.0 Å². The van der Waals surface area contributed by atoms with Crippen LogP contribution >= 0.6 is 15.9 Å². The molecule has 2 aliphatic carbocycles. The number of phenols is 1. The van der Waals surface area contributed by atoms with Crippen molar-refractivity contribution in [2.75, 3.05) is 9.80 Å². The molecular weight excluding hydrogens is 658 g/mol. The summed E-state index contributed by atoms with van der Waals surface area (Å²) in [5, 5.41) is 49.9. The molecular formula is C32H27B2BrN2O9. The average molecular weight is 685 g/mol. The Bertz CT molecular complexity index is 1850. The van der Waals surface area contributed by atoms with Gasteiger partial charge < -0.3 is 25.2 Å². The third kappa shape index (κ3) is 4.66. The van der Waals surface area contributed by atoms with E-state index in [1.165, 1.54) is 48.5 Å². The van der Waals surface area contributed by atoms with Crippen LogP contribution in [0, 0.1) is 29.6 Å². The largest absolute Gasteiger partial charge is 0.508 e. The van der Waals surface area contributed by atoms with Crippen molar-refractivity contribution in [3.63, 3.8) is 0 Å². The maximum absolute atomic E-state index is 14.2. The summed E-state index contributed by atoms with van der Waals surface area (Å²) in [6, 6.07) is 16.6. The predicted octanol–water partition coefficient (Wildman–Crippen LogP) is 0.559. The SMILES string of the molecule is O=C1C2CC=C3C(CC4C(=O)N(c5cccc(B(O)O)c5)C(=O)C4C3c3cc(Br)ccc3O)C2C(=O)N1c1cccc(B(O)O)c1. The molecule has 0 bridgehead atoms. The molecule has 6 atom stereocenters. The number of nitrogens with zero attached hydrogens (tertiary/aromatic N) is 2. The highest BCUT2D eigenvalue weighted by Gasteiger charge is 2.62. The summed E-state index contributed by atoms with van der Waals surface area (Å²) in [4.78, 5) is 58.4. The minimum atomic E-state index is -1.82. The molecule has 3 aromatic rings. The van der Waals surface area contributed by atoms with Crippen LogP contribution in [0.1, 0.15) is 24.3 Å². The lowest BCUT2D eigenvalue weighted by atomic mass is 9.57. The van der Waals surface area contributed by atoms with Gasteiger partial charge in [0.1, 0.15) is 5.75 Å². The van der Waals surface area contributed by atoms with E-state index in [9.17, 15) is 44.4 Å². The van der Waals surface area contributed by atoms with E-state index in [1.54, 1.807) is 18.2 Å². The van der Waals surface area contributed by atoms with Crippen molar-refractivity contribution < 1.29 is 44.4 Å². The average Bonchev–Trinajstić information content (AvgIpc) is 3.44. The Kier molecular flexibility index (Phi) is 7.52. The minimum absolute atomic E-state index is 0.0884.